The summed E-state index contributed by atoms with van der Waals surface area (Å²) in [5.74, 6) is -0.697. The Bertz CT molecular complexity index is 1100. The summed E-state index contributed by atoms with van der Waals surface area (Å²) in [6.07, 6.45) is -3.98. The molecule has 0 aliphatic heterocycles. The SMILES string of the molecule is O=C(Nc1ccc(Oc2ncc(C(F)(F)F)cc2Cl)cc1)c1ccccc1[N+](=O)[O-]. The number of ether oxygens (including phenoxy) is 1. The summed E-state index contributed by atoms with van der Waals surface area (Å²) in [5, 5.41) is 13.2. The van der Waals surface area contributed by atoms with Crippen LogP contribution >= 0.6 is 11.6 Å². The molecule has 3 aromatic rings. The number of amides is 1. The van der Waals surface area contributed by atoms with Crippen molar-refractivity contribution in [2.45, 2.75) is 6.18 Å². The van der Waals surface area contributed by atoms with E-state index in [1.807, 2.05) is 0 Å². The summed E-state index contributed by atoms with van der Waals surface area (Å²) >= 11 is 5.79. The highest BCUT2D eigenvalue weighted by Crippen LogP contribution is 2.34. The van der Waals surface area contributed by atoms with Gasteiger partial charge in [-0.1, -0.05) is 23.7 Å². The summed E-state index contributed by atoms with van der Waals surface area (Å²) < 4.78 is 43.3. The van der Waals surface area contributed by atoms with Crippen LogP contribution in [0.1, 0.15) is 15.9 Å². The Morgan fingerprint density at radius 2 is 1.80 bits per heavy atom. The van der Waals surface area contributed by atoms with Crippen LogP contribution in [0.5, 0.6) is 11.6 Å². The Kier molecular flexibility index (Phi) is 5.88. The number of pyridine rings is 1. The lowest BCUT2D eigenvalue weighted by Crippen LogP contribution is -2.13. The molecule has 0 saturated carbocycles. The summed E-state index contributed by atoms with van der Waals surface area (Å²) in [6.45, 7) is 0. The second-order valence-electron chi connectivity index (χ2n) is 5.86. The fraction of sp³-hybridized carbons (Fsp3) is 0.0526. The number of hydrogen-bond donors (Lipinski definition) is 1. The molecule has 0 aliphatic rings. The van der Waals surface area contributed by atoms with Crippen LogP contribution in [0, 0.1) is 10.1 Å². The first kappa shape index (κ1) is 21.1. The zero-order chi connectivity index (χ0) is 21.9. The predicted octanol–water partition coefficient (Wildman–Crippen LogP) is 5.71. The lowest BCUT2D eigenvalue weighted by atomic mass is 10.1. The van der Waals surface area contributed by atoms with Gasteiger partial charge in [0.25, 0.3) is 11.6 Å². The molecule has 11 heteroatoms. The second kappa shape index (κ2) is 8.37. The number of para-hydroxylation sites is 1. The Morgan fingerprint density at radius 3 is 2.40 bits per heavy atom. The Hall–Kier alpha value is -3.66. The van der Waals surface area contributed by atoms with E-state index in [1.165, 1.54) is 48.5 Å². The minimum absolute atomic E-state index is 0.108. The predicted molar refractivity (Wildman–Crippen MR) is 102 cm³/mol. The smallest absolute Gasteiger partial charge is 0.417 e. The summed E-state index contributed by atoms with van der Waals surface area (Å²) in [7, 11) is 0. The van der Waals surface area contributed by atoms with Crippen molar-refractivity contribution in [1.29, 1.82) is 0 Å². The van der Waals surface area contributed by atoms with Gasteiger partial charge in [0.1, 0.15) is 16.3 Å². The molecule has 0 fully saturated rings. The molecule has 154 valence electrons. The molecule has 1 amide bonds. The zero-order valence-electron chi connectivity index (χ0n) is 14.8. The molecule has 0 unspecified atom stereocenters. The van der Waals surface area contributed by atoms with Crippen molar-refractivity contribution in [3.8, 4) is 11.6 Å². The maximum absolute atomic E-state index is 12.7. The number of benzene rings is 2. The number of anilines is 1. The first-order chi connectivity index (χ1) is 14.1. The first-order valence-corrected chi connectivity index (χ1v) is 8.58. The third kappa shape index (κ3) is 4.84. The number of alkyl halides is 3. The van der Waals surface area contributed by atoms with Crippen molar-refractivity contribution >= 4 is 28.9 Å². The highest BCUT2D eigenvalue weighted by molar-refractivity contribution is 6.31. The van der Waals surface area contributed by atoms with E-state index >= 15 is 0 Å². The molecule has 0 bridgehead atoms. The van der Waals surface area contributed by atoms with E-state index in [1.54, 1.807) is 0 Å². The molecule has 3 rings (SSSR count). The quantitative estimate of drug-likeness (QED) is 0.407. The van der Waals surface area contributed by atoms with Crippen molar-refractivity contribution < 1.29 is 27.6 Å². The molecule has 1 aromatic heterocycles. The van der Waals surface area contributed by atoms with Crippen LogP contribution in [-0.4, -0.2) is 15.8 Å². The monoisotopic (exact) mass is 437 g/mol. The van der Waals surface area contributed by atoms with E-state index in [2.05, 4.69) is 10.3 Å². The lowest BCUT2D eigenvalue weighted by Gasteiger charge is -2.11. The van der Waals surface area contributed by atoms with Gasteiger partial charge in [-0.2, -0.15) is 13.2 Å². The number of nitrogens with zero attached hydrogens (tertiary/aromatic N) is 2. The van der Waals surface area contributed by atoms with Crippen molar-refractivity contribution in [1.82, 2.24) is 4.98 Å². The molecule has 0 radical (unpaired) electrons. The van der Waals surface area contributed by atoms with E-state index in [9.17, 15) is 28.1 Å². The largest absolute Gasteiger partial charge is 0.438 e. The normalized spacial score (nSPS) is 11.1. The lowest BCUT2D eigenvalue weighted by molar-refractivity contribution is -0.385. The summed E-state index contributed by atoms with van der Waals surface area (Å²) in [6, 6.07) is 11.9. The van der Waals surface area contributed by atoms with E-state index in [0.717, 1.165) is 0 Å². The van der Waals surface area contributed by atoms with Crippen molar-refractivity contribution in [2.75, 3.05) is 5.32 Å². The van der Waals surface area contributed by atoms with Crippen LogP contribution in [0.25, 0.3) is 0 Å². The number of aromatic nitrogens is 1. The van der Waals surface area contributed by atoms with E-state index in [-0.39, 0.29) is 27.9 Å². The number of carbonyl (C=O) groups is 1. The minimum atomic E-state index is -4.58. The number of halogens is 4. The molecule has 1 N–H and O–H groups in total. The van der Waals surface area contributed by atoms with E-state index in [0.29, 0.717) is 18.0 Å². The molecular formula is C19H11ClF3N3O4. The average Bonchev–Trinajstić information content (AvgIpc) is 2.70. The van der Waals surface area contributed by atoms with E-state index < -0.39 is 22.6 Å². The number of nitro benzene ring substituents is 1. The Labute approximate surface area is 172 Å². The highest BCUT2D eigenvalue weighted by atomic mass is 35.5. The highest BCUT2D eigenvalue weighted by Gasteiger charge is 2.31. The van der Waals surface area contributed by atoms with Gasteiger partial charge in [-0.3, -0.25) is 14.9 Å². The van der Waals surface area contributed by atoms with Crippen molar-refractivity contribution in [3.05, 3.63) is 87.1 Å². The topological polar surface area (TPSA) is 94.4 Å². The van der Waals surface area contributed by atoms with Crippen LogP contribution in [-0.2, 0) is 6.18 Å². The fourth-order valence-corrected chi connectivity index (χ4v) is 2.60. The van der Waals surface area contributed by atoms with Gasteiger partial charge in [0, 0.05) is 18.0 Å². The van der Waals surface area contributed by atoms with Crippen molar-refractivity contribution in [2.24, 2.45) is 0 Å². The number of nitrogens with one attached hydrogen (secondary N) is 1. The molecule has 0 aliphatic carbocycles. The van der Waals surface area contributed by atoms with Gasteiger partial charge in [0.15, 0.2) is 0 Å². The molecule has 30 heavy (non-hydrogen) atoms. The molecule has 1 heterocycles. The van der Waals surface area contributed by atoms with Gasteiger partial charge < -0.3 is 10.1 Å². The average molecular weight is 438 g/mol. The standard InChI is InChI=1S/C19H11ClF3N3O4/c20-15-9-11(19(21,22)23)10-24-18(15)30-13-7-5-12(6-8-13)25-17(27)14-3-1-2-4-16(14)26(28)29/h1-10H,(H,25,27). The van der Waals surface area contributed by atoms with Gasteiger partial charge in [0.05, 0.1) is 10.5 Å². The Balaban J connectivity index is 1.72. The number of hydrogen-bond acceptors (Lipinski definition) is 5. The second-order valence-corrected chi connectivity index (χ2v) is 6.27. The number of carbonyl (C=O) groups excluding carboxylic acids is 1. The Morgan fingerprint density at radius 1 is 1.13 bits per heavy atom. The first-order valence-electron chi connectivity index (χ1n) is 8.20. The van der Waals surface area contributed by atoms with Gasteiger partial charge >= 0.3 is 6.18 Å². The van der Waals surface area contributed by atoms with Crippen LogP contribution in [0.15, 0.2) is 60.8 Å². The van der Waals surface area contributed by atoms with Crippen LogP contribution in [0.3, 0.4) is 0 Å². The molecule has 2 aromatic carbocycles. The zero-order valence-corrected chi connectivity index (χ0v) is 15.6. The molecule has 7 nitrogen and oxygen atoms in total. The van der Waals surface area contributed by atoms with Gasteiger partial charge in [-0.05, 0) is 36.4 Å². The molecule has 0 saturated heterocycles. The van der Waals surface area contributed by atoms with Gasteiger partial charge in [-0.15, -0.1) is 0 Å². The maximum Gasteiger partial charge on any atom is 0.417 e. The van der Waals surface area contributed by atoms with E-state index in [4.69, 9.17) is 16.3 Å². The molecular weight excluding hydrogens is 427 g/mol. The molecule has 0 atom stereocenters. The minimum Gasteiger partial charge on any atom is -0.438 e. The number of rotatable bonds is 5. The van der Waals surface area contributed by atoms with Crippen LogP contribution in [0.2, 0.25) is 5.02 Å². The third-order valence-corrected chi connectivity index (χ3v) is 4.08. The van der Waals surface area contributed by atoms with Crippen LogP contribution < -0.4 is 10.1 Å². The third-order valence-electron chi connectivity index (χ3n) is 3.81. The van der Waals surface area contributed by atoms with Gasteiger partial charge in [0.2, 0.25) is 5.88 Å². The maximum atomic E-state index is 12.7. The van der Waals surface area contributed by atoms with Crippen molar-refractivity contribution in [3.63, 3.8) is 0 Å². The van der Waals surface area contributed by atoms with Crippen LogP contribution in [0.4, 0.5) is 24.5 Å². The fourth-order valence-electron chi connectivity index (χ4n) is 2.40. The van der Waals surface area contributed by atoms with Gasteiger partial charge in [-0.25, -0.2) is 4.98 Å². The summed E-state index contributed by atoms with van der Waals surface area (Å²) in [5.41, 5.74) is -1.13. The number of nitro groups is 1. The summed E-state index contributed by atoms with van der Waals surface area (Å²) in [4.78, 5) is 26.2. The molecule has 0 spiro atoms.